The van der Waals surface area contributed by atoms with Gasteiger partial charge in [-0.15, -0.1) is 11.3 Å². The van der Waals surface area contributed by atoms with Gasteiger partial charge in [0.25, 0.3) is 0 Å². The van der Waals surface area contributed by atoms with E-state index >= 15 is 0 Å². The average molecular weight is 403 g/mol. The third kappa shape index (κ3) is 3.76. The molecule has 0 radical (unpaired) electrons. The second-order valence-corrected chi connectivity index (χ2v) is 8.63. The van der Waals surface area contributed by atoms with Crippen LogP contribution in [0.5, 0.6) is 0 Å². The standard InChI is InChI=1S/C21H23ClN2O2S/c1-3-26-21(25)19-12(2)23-20(27-19)15-9-14-10-16(8-13-6-4-5-7-13)24-18(14)17(22)11-15/h9-11,13,24H,3-8H2,1-2H3. The summed E-state index contributed by atoms with van der Waals surface area (Å²) in [4.78, 5) is 20.7. The van der Waals surface area contributed by atoms with Crippen LogP contribution in [0.1, 0.15) is 53.7 Å². The highest BCUT2D eigenvalue weighted by Crippen LogP contribution is 2.35. The zero-order chi connectivity index (χ0) is 19.0. The molecule has 142 valence electrons. The molecular weight excluding hydrogens is 380 g/mol. The Bertz CT molecular complexity index is 986. The fourth-order valence-corrected chi connectivity index (χ4v) is 5.14. The van der Waals surface area contributed by atoms with Crippen LogP contribution in [0.2, 0.25) is 5.02 Å². The maximum absolute atomic E-state index is 12.1. The van der Waals surface area contributed by atoms with Crippen molar-refractivity contribution in [3.05, 3.63) is 39.5 Å². The molecule has 1 fully saturated rings. The number of esters is 1. The number of rotatable bonds is 5. The summed E-state index contributed by atoms with van der Waals surface area (Å²) in [6.45, 7) is 4.00. The predicted molar refractivity (Wildman–Crippen MR) is 111 cm³/mol. The number of fused-ring (bicyclic) bond motifs is 1. The van der Waals surface area contributed by atoms with Gasteiger partial charge >= 0.3 is 5.97 Å². The Kier molecular flexibility index (Phi) is 5.24. The Morgan fingerprint density at radius 1 is 1.33 bits per heavy atom. The summed E-state index contributed by atoms with van der Waals surface area (Å²) in [5, 5.41) is 2.57. The molecule has 1 aliphatic rings. The molecule has 0 saturated heterocycles. The van der Waals surface area contributed by atoms with Gasteiger partial charge in [0, 0.05) is 16.6 Å². The van der Waals surface area contributed by atoms with Crippen LogP contribution in [0.4, 0.5) is 0 Å². The molecule has 0 aliphatic heterocycles. The maximum atomic E-state index is 12.1. The van der Waals surface area contributed by atoms with E-state index in [9.17, 15) is 4.79 Å². The Balaban J connectivity index is 1.66. The first kappa shape index (κ1) is 18.5. The third-order valence-corrected chi connectivity index (χ3v) is 6.71. The van der Waals surface area contributed by atoms with Crippen molar-refractivity contribution in [2.75, 3.05) is 6.61 Å². The van der Waals surface area contributed by atoms with E-state index in [4.69, 9.17) is 16.3 Å². The van der Waals surface area contributed by atoms with Gasteiger partial charge in [-0.25, -0.2) is 9.78 Å². The first-order valence-corrected chi connectivity index (χ1v) is 10.7. The number of carbonyl (C=O) groups excluding carboxylic acids is 1. The minimum absolute atomic E-state index is 0.314. The molecule has 2 aromatic heterocycles. The van der Waals surface area contributed by atoms with Crippen molar-refractivity contribution in [3.8, 4) is 10.6 Å². The Hall–Kier alpha value is -1.85. The van der Waals surface area contributed by atoms with E-state index in [0.29, 0.717) is 22.2 Å². The van der Waals surface area contributed by atoms with E-state index in [0.717, 1.165) is 33.8 Å². The van der Waals surface area contributed by atoms with E-state index in [2.05, 4.69) is 22.1 Å². The van der Waals surface area contributed by atoms with Crippen molar-refractivity contribution < 1.29 is 9.53 Å². The lowest BCUT2D eigenvalue weighted by Gasteiger charge is -2.05. The molecule has 0 spiro atoms. The summed E-state index contributed by atoms with van der Waals surface area (Å²) in [5.41, 5.74) is 3.86. The molecule has 1 saturated carbocycles. The van der Waals surface area contributed by atoms with Gasteiger partial charge < -0.3 is 9.72 Å². The quantitative estimate of drug-likeness (QED) is 0.519. The van der Waals surface area contributed by atoms with Gasteiger partial charge in [0.05, 0.1) is 22.8 Å². The predicted octanol–water partition coefficient (Wildman–Crippen LogP) is 6.16. The number of thiazole rings is 1. The molecule has 0 atom stereocenters. The summed E-state index contributed by atoms with van der Waals surface area (Å²) in [6, 6.07) is 6.23. The number of aromatic nitrogens is 2. The summed E-state index contributed by atoms with van der Waals surface area (Å²) in [6.07, 6.45) is 6.43. The number of carbonyl (C=O) groups is 1. The Morgan fingerprint density at radius 3 is 2.85 bits per heavy atom. The number of nitrogens with one attached hydrogen (secondary N) is 1. The summed E-state index contributed by atoms with van der Waals surface area (Å²) in [7, 11) is 0. The lowest BCUT2D eigenvalue weighted by Crippen LogP contribution is -2.03. The molecule has 2 heterocycles. The number of hydrogen-bond acceptors (Lipinski definition) is 4. The maximum Gasteiger partial charge on any atom is 0.350 e. The number of benzene rings is 1. The highest BCUT2D eigenvalue weighted by molar-refractivity contribution is 7.17. The van der Waals surface area contributed by atoms with Crippen molar-refractivity contribution in [3.63, 3.8) is 0 Å². The molecule has 6 heteroatoms. The third-order valence-electron chi connectivity index (χ3n) is 5.22. The molecule has 0 amide bonds. The fourth-order valence-electron chi connectivity index (χ4n) is 3.92. The average Bonchev–Trinajstić information content (AvgIpc) is 3.35. The second kappa shape index (κ2) is 7.64. The zero-order valence-electron chi connectivity index (χ0n) is 15.6. The number of H-pyrrole nitrogens is 1. The van der Waals surface area contributed by atoms with Gasteiger partial charge in [0.2, 0.25) is 0 Å². The molecule has 1 aliphatic carbocycles. The number of ether oxygens (including phenoxy) is 1. The summed E-state index contributed by atoms with van der Waals surface area (Å²) >= 11 is 7.91. The Labute approximate surface area is 167 Å². The largest absolute Gasteiger partial charge is 0.462 e. The number of aryl methyl sites for hydroxylation is 1. The lowest BCUT2D eigenvalue weighted by atomic mass is 10.0. The molecule has 27 heavy (non-hydrogen) atoms. The first-order chi connectivity index (χ1) is 13.0. The highest BCUT2D eigenvalue weighted by Gasteiger charge is 2.19. The van der Waals surface area contributed by atoms with E-state index in [1.165, 1.54) is 42.7 Å². The molecule has 0 unspecified atom stereocenters. The molecule has 1 aromatic carbocycles. The molecule has 1 N–H and O–H groups in total. The van der Waals surface area contributed by atoms with Gasteiger partial charge in [-0.3, -0.25) is 0 Å². The van der Waals surface area contributed by atoms with Gasteiger partial charge in [-0.2, -0.15) is 0 Å². The fraction of sp³-hybridized carbons (Fsp3) is 0.429. The van der Waals surface area contributed by atoms with Crippen LogP contribution in [0.25, 0.3) is 21.5 Å². The number of aromatic amines is 1. The SMILES string of the molecule is CCOC(=O)c1sc(-c2cc(Cl)c3[nH]c(CC4CCCC4)cc3c2)nc1C. The van der Waals surface area contributed by atoms with Crippen LogP contribution >= 0.6 is 22.9 Å². The summed E-state index contributed by atoms with van der Waals surface area (Å²) < 4.78 is 5.12. The zero-order valence-corrected chi connectivity index (χ0v) is 17.2. The molecular formula is C21H23ClN2O2S. The van der Waals surface area contributed by atoms with Crippen molar-refractivity contribution in [2.24, 2.45) is 5.92 Å². The number of hydrogen-bond donors (Lipinski definition) is 1. The van der Waals surface area contributed by atoms with E-state index < -0.39 is 0 Å². The van der Waals surface area contributed by atoms with Crippen LogP contribution in [0, 0.1) is 12.8 Å². The topological polar surface area (TPSA) is 55.0 Å². The minimum atomic E-state index is -0.314. The molecule has 3 aromatic rings. The molecule has 4 rings (SSSR count). The van der Waals surface area contributed by atoms with E-state index in [-0.39, 0.29) is 5.97 Å². The van der Waals surface area contributed by atoms with Crippen LogP contribution < -0.4 is 0 Å². The van der Waals surface area contributed by atoms with Gasteiger partial charge in [-0.1, -0.05) is 37.3 Å². The van der Waals surface area contributed by atoms with Crippen LogP contribution in [-0.4, -0.2) is 22.5 Å². The van der Waals surface area contributed by atoms with Crippen molar-refractivity contribution in [2.45, 2.75) is 46.0 Å². The monoisotopic (exact) mass is 402 g/mol. The van der Waals surface area contributed by atoms with Crippen LogP contribution in [0.15, 0.2) is 18.2 Å². The van der Waals surface area contributed by atoms with Crippen molar-refractivity contribution >= 4 is 39.8 Å². The van der Waals surface area contributed by atoms with Gasteiger partial charge in [-0.05, 0) is 44.4 Å². The van der Waals surface area contributed by atoms with Crippen LogP contribution in [-0.2, 0) is 11.2 Å². The van der Waals surface area contributed by atoms with Crippen molar-refractivity contribution in [1.29, 1.82) is 0 Å². The number of halogens is 1. The molecule has 0 bridgehead atoms. The minimum Gasteiger partial charge on any atom is -0.462 e. The number of nitrogens with zero attached hydrogens (tertiary/aromatic N) is 1. The van der Waals surface area contributed by atoms with Crippen molar-refractivity contribution in [1.82, 2.24) is 9.97 Å². The van der Waals surface area contributed by atoms with E-state index in [1.54, 1.807) is 6.92 Å². The second-order valence-electron chi connectivity index (χ2n) is 7.23. The van der Waals surface area contributed by atoms with Gasteiger partial charge in [0.15, 0.2) is 0 Å². The highest BCUT2D eigenvalue weighted by atomic mass is 35.5. The smallest absolute Gasteiger partial charge is 0.350 e. The van der Waals surface area contributed by atoms with E-state index in [1.807, 2.05) is 13.0 Å². The van der Waals surface area contributed by atoms with Gasteiger partial charge in [0.1, 0.15) is 9.88 Å². The normalized spacial score (nSPS) is 14.9. The lowest BCUT2D eigenvalue weighted by molar-refractivity contribution is 0.0531. The Morgan fingerprint density at radius 2 is 2.11 bits per heavy atom. The van der Waals surface area contributed by atoms with Crippen LogP contribution in [0.3, 0.4) is 0 Å². The molecule has 4 nitrogen and oxygen atoms in total. The first-order valence-electron chi connectivity index (χ1n) is 9.51. The summed E-state index contributed by atoms with van der Waals surface area (Å²) in [5.74, 6) is 0.469.